The van der Waals surface area contributed by atoms with Crippen molar-refractivity contribution in [2.45, 2.75) is 0 Å². The molecular weight excluding hydrogens is 1870 g/mol. The Hall–Kier alpha value is -12.9. The zero-order valence-electron chi connectivity index (χ0n) is 60.0. The van der Waals surface area contributed by atoms with Crippen LogP contribution in [0.15, 0.2) is 286 Å². The zero-order valence-corrected chi connectivity index (χ0v) is 69.5. The number of rotatable bonds is 0. The van der Waals surface area contributed by atoms with E-state index in [1.54, 1.807) is 32.5 Å². The molecule has 0 bridgehead atoms. The van der Waals surface area contributed by atoms with E-state index in [1.807, 2.05) is 224 Å². The molecule has 0 radical (unpaired) electrons. The van der Waals surface area contributed by atoms with Crippen LogP contribution in [0.5, 0.6) is 0 Å². The van der Waals surface area contributed by atoms with Crippen LogP contribution in [0.25, 0.3) is 240 Å². The molecule has 0 aliphatic rings. The highest BCUT2D eigenvalue weighted by molar-refractivity contribution is 9.11. The van der Waals surface area contributed by atoms with Crippen LogP contribution in [0.4, 0.5) is 0 Å². The molecule has 12 aromatic heterocycles. The smallest absolute Gasteiger partial charge is 0.265 e. The fourth-order valence-electron chi connectivity index (χ4n) is 19.5. The Morgan fingerprint density at radius 2 is 0.398 bits per heavy atom. The van der Waals surface area contributed by atoms with E-state index in [4.69, 9.17) is 29.9 Å². The molecule has 28 rings (SSSR count). The highest BCUT2D eigenvalue weighted by Gasteiger charge is 2.31. The van der Waals surface area contributed by atoms with Gasteiger partial charge in [-0.2, -0.15) is 0 Å². The molecule has 16 aromatic carbocycles. The number of pyridine rings is 6. The van der Waals surface area contributed by atoms with E-state index in [0.29, 0.717) is 115 Å². The largest absolute Gasteiger partial charge is 0.268 e. The number of fused-ring (bicyclic) bond motifs is 20. The quantitative estimate of drug-likeness (QED) is 0.103. The minimum atomic E-state index is -0.193. The number of nitrogens with zero attached hydrogens (tertiary/aromatic N) is 12. The summed E-state index contributed by atoms with van der Waals surface area (Å²) in [6, 6.07) is 74.4. The van der Waals surface area contributed by atoms with Crippen molar-refractivity contribution in [2.75, 3.05) is 0 Å². The molecule has 24 heteroatoms. The molecule has 0 saturated carbocycles. The fourth-order valence-corrected chi connectivity index (χ4v) is 23.1. The third-order valence-electron chi connectivity index (χ3n) is 24.2. The standard InChI is InChI=1S/2C34H14Br2N4O2.C26H10Br2N4O2/c35-19-14-18-27-17(31-37-21-9-1-5-15-7-3-11-23(25(15)21)39(31)33(18)41)13-20(36)29-30(27)28(19)32-38-22-10-2-6-16-8-4-12-24(26(16)22)40(32)34(29)42;35-19-13-17-27-28-18(32-38-22-10-2-6-16-8-4-12-24(26(16)22)40(32)34(42)30(19)28)14-20(36)29(27)33(41)39-23-11-3-7-15-5-1-9-21(25(15)23)37-31(17)39;27-13-9-11-19-12(25(33)31-17-7-3-1-5-15(17)29-23(11)31)10-14(28)21-22(19)20(13)24-30-16-6-2-4-8-18(16)32(24)26(21)34/h2*1-14H;1-10H. The lowest BCUT2D eigenvalue weighted by Gasteiger charge is -2.19. The van der Waals surface area contributed by atoms with Crippen molar-refractivity contribution in [2.24, 2.45) is 0 Å². The number of hydrogen-bond acceptors (Lipinski definition) is 12. The predicted molar refractivity (Wildman–Crippen MR) is 495 cm³/mol. The minimum absolute atomic E-state index is 0.164. The minimum Gasteiger partial charge on any atom is -0.268 e. The van der Waals surface area contributed by atoms with Gasteiger partial charge in [-0.15, -0.1) is 0 Å². The Kier molecular flexibility index (Phi) is 13.4. The number of hydrogen-bond donors (Lipinski definition) is 0. The first-order chi connectivity index (χ1) is 57.6. The van der Waals surface area contributed by atoms with Gasteiger partial charge in [0.2, 0.25) is 0 Å². The van der Waals surface area contributed by atoms with Crippen LogP contribution in [0.2, 0.25) is 0 Å². The molecule has 0 fully saturated rings. The van der Waals surface area contributed by atoms with Crippen LogP contribution < -0.4 is 33.4 Å². The lowest BCUT2D eigenvalue weighted by Crippen LogP contribution is -2.20. The van der Waals surface area contributed by atoms with Gasteiger partial charge in [-0.1, -0.05) is 121 Å². The summed E-state index contributed by atoms with van der Waals surface area (Å²) in [6.45, 7) is 0. The predicted octanol–water partition coefficient (Wildman–Crippen LogP) is 22.2. The molecule has 552 valence electrons. The van der Waals surface area contributed by atoms with E-state index in [0.717, 1.165) is 151 Å². The highest BCUT2D eigenvalue weighted by atomic mass is 79.9. The molecule has 18 nitrogen and oxygen atoms in total. The molecule has 0 atom stereocenters. The summed E-state index contributed by atoms with van der Waals surface area (Å²) in [6.07, 6.45) is 0. The van der Waals surface area contributed by atoms with Crippen molar-refractivity contribution in [3.63, 3.8) is 0 Å². The Labute approximate surface area is 705 Å². The van der Waals surface area contributed by atoms with Gasteiger partial charge in [0.1, 0.15) is 33.9 Å². The van der Waals surface area contributed by atoms with E-state index in [1.165, 1.54) is 0 Å². The molecular formula is C94H38Br6N12O6. The number of benzene rings is 16. The number of imidazole rings is 2. The van der Waals surface area contributed by atoms with Crippen LogP contribution in [0, 0.1) is 0 Å². The van der Waals surface area contributed by atoms with Gasteiger partial charge in [0, 0.05) is 113 Å². The summed E-state index contributed by atoms with van der Waals surface area (Å²) in [4.78, 5) is 115. The molecule has 0 saturated heterocycles. The third kappa shape index (κ3) is 8.42. The SMILES string of the molecule is O=c1c2c(Br)cc3c4c(c(Br)cc(c24)c2nc4cccc5cccc(c54)n12)c(=O)n1c2cccc4cccc(nc31)c42.O=c1c2cc(Br)c3c(=O)n4c5ccccc5nc4c4c(Br)cc(c2c34)c2nc3ccccc3n12.O=c1c2cc(Br)c3c4c(c(Br)cc(c24)c2nc4cccc5cccc(c54)n12)c(=O)n1c2cccc4cccc(nc31)c42. The van der Waals surface area contributed by atoms with Crippen molar-refractivity contribution in [3.8, 4) is 0 Å². The summed E-state index contributed by atoms with van der Waals surface area (Å²) in [5, 5.41) is 19.9. The third-order valence-corrected chi connectivity index (χ3v) is 27.9. The maximum Gasteiger partial charge on any atom is 0.265 e. The van der Waals surface area contributed by atoms with Crippen molar-refractivity contribution in [3.05, 3.63) is 319 Å². The van der Waals surface area contributed by atoms with Crippen molar-refractivity contribution >= 4 is 336 Å². The molecule has 0 aliphatic carbocycles. The number of aromatic nitrogens is 12. The Morgan fingerprint density at radius 1 is 0.178 bits per heavy atom. The van der Waals surface area contributed by atoms with Gasteiger partial charge in [0.15, 0.2) is 0 Å². The lowest BCUT2D eigenvalue weighted by molar-refractivity contribution is 1.14. The normalized spacial score (nSPS) is 12.7. The second-order valence-corrected chi connectivity index (χ2v) is 35.1. The lowest BCUT2D eigenvalue weighted by atomic mass is 9.95. The number of para-hydroxylation sites is 4. The summed E-state index contributed by atoms with van der Waals surface area (Å²) in [5.41, 5.74) is 11.6. The van der Waals surface area contributed by atoms with Crippen molar-refractivity contribution in [1.29, 1.82) is 0 Å². The first-order valence-corrected chi connectivity index (χ1v) is 42.1. The molecule has 0 spiro atoms. The monoisotopic (exact) mass is 1900 g/mol. The Balaban J connectivity index is 0.0000000969. The van der Waals surface area contributed by atoms with E-state index in [2.05, 4.69) is 95.6 Å². The first-order valence-electron chi connectivity index (χ1n) is 37.4. The van der Waals surface area contributed by atoms with Gasteiger partial charge in [-0.05, 0) is 226 Å². The van der Waals surface area contributed by atoms with Crippen molar-refractivity contribution < 1.29 is 0 Å². The Bertz CT molecular complexity index is 9850. The topological polar surface area (TPSA) is 206 Å². The molecule has 0 N–H and O–H groups in total. The molecule has 118 heavy (non-hydrogen) atoms. The number of halogens is 6. The van der Waals surface area contributed by atoms with E-state index in [-0.39, 0.29) is 33.4 Å². The maximum atomic E-state index is 14.5. The molecule has 0 amide bonds. The van der Waals surface area contributed by atoms with E-state index < -0.39 is 0 Å². The Morgan fingerprint density at radius 3 is 0.746 bits per heavy atom. The van der Waals surface area contributed by atoms with Crippen LogP contribution in [0.1, 0.15) is 0 Å². The fraction of sp³-hybridized carbons (Fsp3) is 0. The zero-order chi connectivity index (χ0) is 78.9. The first kappa shape index (κ1) is 67.3. The van der Waals surface area contributed by atoms with Crippen LogP contribution in [-0.2, 0) is 0 Å². The second-order valence-electron chi connectivity index (χ2n) is 30.0. The second kappa shape index (κ2) is 23.5. The average molecular weight is 1910 g/mol. The van der Waals surface area contributed by atoms with Gasteiger partial charge < -0.3 is 0 Å². The highest BCUT2D eigenvalue weighted by Crippen LogP contribution is 2.48. The van der Waals surface area contributed by atoms with Gasteiger partial charge in [0.25, 0.3) is 33.4 Å². The van der Waals surface area contributed by atoms with Gasteiger partial charge in [0.05, 0.1) is 98.5 Å². The summed E-state index contributed by atoms with van der Waals surface area (Å²) in [7, 11) is 0. The van der Waals surface area contributed by atoms with E-state index >= 15 is 0 Å². The molecule has 28 aromatic rings. The van der Waals surface area contributed by atoms with E-state index in [9.17, 15) is 28.8 Å². The van der Waals surface area contributed by atoms with Gasteiger partial charge >= 0.3 is 0 Å². The summed E-state index contributed by atoms with van der Waals surface area (Å²) < 4.78 is 14.1. The summed E-state index contributed by atoms with van der Waals surface area (Å²) >= 11 is 22.5. The summed E-state index contributed by atoms with van der Waals surface area (Å²) in [5.74, 6) is 0. The maximum absolute atomic E-state index is 14.5. The van der Waals surface area contributed by atoms with Crippen LogP contribution in [-0.4, -0.2) is 56.3 Å². The molecule has 0 aliphatic heterocycles. The van der Waals surface area contributed by atoms with Gasteiger partial charge in [-0.3, -0.25) is 55.2 Å². The molecule has 0 unspecified atom stereocenters. The van der Waals surface area contributed by atoms with Crippen LogP contribution >= 0.6 is 95.6 Å². The van der Waals surface area contributed by atoms with Crippen molar-refractivity contribution in [1.82, 2.24) is 56.3 Å². The average Bonchev–Trinajstić information content (AvgIpc) is 1.47. The van der Waals surface area contributed by atoms with Gasteiger partial charge in [-0.25, -0.2) is 29.9 Å². The van der Waals surface area contributed by atoms with Crippen LogP contribution in [0.3, 0.4) is 0 Å². The molecule has 12 heterocycles.